The van der Waals surface area contributed by atoms with Crippen molar-refractivity contribution in [2.45, 2.75) is 25.8 Å². The molecule has 7 heteroatoms. The lowest BCUT2D eigenvalue weighted by atomic mass is 10.1. The Kier molecular flexibility index (Phi) is 4.96. The van der Waals surface area contributed by atoms with Crippen molar-refractivity contribution >= 4 is 38.4 Å². The zero-order valence-corrected chi connectivity index (χ0v) is 12.7. The molecule has 0 bridgehead atoms. The van der Waals surface area contributed by atoms with Crippen LogP contribution in [0.1, 0.15) is 19.8 Å². The SMILES string of the molecule is CCN1CCC[C@@H](NC(=O)Nc2ncc(Br)s2)C1. The molecular weight excluding hydrogens is 316 g/mol. The van der Waals surface area contributed by atoms with Gasteiger partial charge < -0.3 is 10.2 Å². The number of urea groups is 1. The summed E-state index contributed by atoms with van der Waals surface area (Å²) in [6.45, 7) is 5.26. The maximum absolute atomic E-state index is 11.8. The highest BCUT2D eigenvalue weighted by atomic mass is 79.9. The van der Waals surface area contributed by atoms with Crippen molar-refractivity contribution in [3.63, 3.8) is 0 Å². The van der Waals surface area contributed by atoms with Crippen LogP contribution in [0.15, 0.2) is 9.98 Å². The number of nitrogens with zero attached hydrogens (tertiary/aromatic N) is 2. The first-order valence-corrected chi connectivity index (χ1v) is 7.69. The molecule has 0 aliphatic carbocycles. The van der Waals surface area contributed by atoms with Crippen LogP contribution < -0.4 is 10.6 Å². The maximum Gasteiger partial charge on any atom is 0.321 e. The molecule has 100 valence electrons. The van der Waals surface area contributed by atoms with Gasteiger partial charge in [0.15, 0.2) is 5.13 Å². The van der Waals surface area contributed by atoms with Gasteiger partial charge in [-0.3, -0.25) is 5.32 Å². The number of hydrogen-bond acceptors (Lipinski definition) is 4. The van der Waals surface area contributed by atoms with Crippen molar-refractivity contribution in [2.24, 2.45) is 0 Å². The molecule has 0 spiro atoms. The molecule has 0 radical (unpaired) electrons. The normalized spacial score (nSPS) is 20.7. The van der Waals surface area contributed by atoms with Gasteiger partial charge in [0.05, 0.1) is 9.98 Å². The summed E-state index contributed by atoms with van der Waals surface area (Å²) >= 11 is 4.72. The number of piperidine rings is 1. The molecule has 2 N–H and O–H groups in total. The largest absolute Gasteiger partial charge is 0.334 e. The molecule has 2 rings (SSSR count). The number of halogens is 1. The van der Waals surface area contributed by atoms with Gasteiger partial charge in [0, 0.05) is 12.6 Å². The van der Waals surface area contributed by atoms with Crippen LogP contribution in [0.4, 0.5) is 9.93 Å². The first-order valence-electron chi connectivity index (χ1n) is 6.08. The van der Waals surface area contributed by atoms with E-state index in [0.29, 0.717) is 5.13 Å². The predicted octanol–water partition coefficient (Wildman–Crippen LogP) is 2.51. The first kappa shape index (κ1) is 13.8. The fraction of sp³-hybridized carbons (Fsp3) is 0.636. The third kappa shape index (κ3) is 3.93. The third-order valence-electron chi connectivity index (χ3n) is 2.99. The fourth-order valence-electron chi connectivity index (χ4n) is 2.09. The molecule has 0 aromatic carbocycles. The van der Waals surface area contributed by atoms with Gasteiger partial charge in [-0.2, -0.15) is 0 Å². The van der Waals surface area contributed by atoms with Gasteiger partial charge in [-0.15, -0.1) is 0 Å². The summed E-state index contributed by atoms with van der Waals surface area (Å²) in [5.74, 6) is 0. The summed E-state index contributed by atoms with van der Waals surface area (Å²) in [5.41, 5.74) is 0. The molecule has 1 saturated heterocycles. The Labute approximate surface area is 119 Å². The highest BCUT2D eigenvalue weighted by molar-refractivity contribution is 9.11. The zero-order valence-electron chi connectivity index (χ0n) is 10.3. The van der Waals surface area contributed by atoms with Gasteiger partial charge in [-0.25, -0.2) is 9.78 Å². The van der Waals surface area contributed by atoms with Crippen LogP contribution in [-0.4, -0.2) is 41.6 Å². The van der Waals surface area contributed by atoms with Gasteiger partial charge in [-0.05, 0) is 41.9 Å². The van der Waals surface area contributed by atoms with Gasteiger partial charge in [-0.1, -0.05) is 18.3 Å². The summed E-state index contributed by atoms with van der Waals surface area (Å²) in [5, 5.41) is 6.37. The van der Waals surface area contributed by atoms with Crippen LogP contribution >= 0.6 is 27.3 Å². The van der Waals surface area contributed by atoms with Gasteiger partial charge in [0.1, 0.15) is 0 Å². The molecule has 5 nitrogen and oxygen atoms in total. The lowest BCUT2D eigenvalue weighted by Gasteiger charge is -2.32. The zero-order chi connectivity index (χ0) is 13.0. The second kappa shape index (κ2) is 6.49. The molecule has 0 unspecified atom stereocenters. The Morgan fingerprint density at radius 3 is 3.22 bits per heavy atom. The number of carbonyl (C=O) groups is 1. The second-order valence-electron chi connectivity index (χ2n) is 4.30. The van der Waals surface area contributed by atoms with Crippen molar-refractivity contribution in [1.29, 1.82) is 0 Å². The Morgan fingerprint density at radius 1 is 1.72 bits per heavy atom. The molecule has 1 aliphatic rings. The minimum absolute atomic E-state index is 0.167. The van der Waals surface area contributed by atoms with E-state index >= 15 is 0 Å². The van der Waals surface area contributed by atoms with E-state index in [4.69, 9.17) is 0 Å². The molecule has 1 aromatic heterocycles. The number of thiazole rings is 1. The summed E-state index contributed by atoms with van der Waals surface area (Å²) < 4.78 is 0.910. The van der Waals surface area contributed by atoms with Crippen LogP contribution in [0, 0.1) is 0 Å². The second-order valence-corrected chi connectivity index (χ2v) is 6.71. The first-order chi connectivity index (χ1) is 8.67. The van der Waals surface area contributed by atoms with E-state index in [0.717, 1.165) is 36.3 Å². The lowest BCUT2D eigenvalue weighted by molar-refractivity contribution is 0.196. The average molecular weight is 333 g/mol. The van der Waals surface area contributed by atoms with Crippen LogP contribution in [0.3, 0.4) is 0 Å². The highest BCUT2D eigenvalue weighted by Crippen LogP contribution is 2.23. The van der Waals surface area contributed by atoms with Crippen LogP contribution in [0.5, 0.6) is 0 Å². The Morgan fingerprint density at radius 2 is 2.56 bits per heavy atom. The Hall–Kier alpha value is -0.660. The summed E-state index contributed by atoms with van der Waals surface area (Å²) in [6.07, 6.45) is 3.87. The monoisotopic (exact) mass is 332 g/mol. The van der Waals surface area contributed by atoms with E-state index in [1.54, 1.807) is 6.20 Å². The number of anilines is 1. The minimum Gasteiger partial charge on any atom is -0.334 e. The van der Waals surface area contributed by atoms with E-state index in [1.807, 2.05) is 0 Å². The van der Waals surface area contributed by atoms with Crippen molar-refractivity contribution in [3.8, 4) is 0 Å². The minimum atomic E-state index is -0.167. The topological polar surface area (TPSA) is 57.3 Å². The summed E-state index contributed by atoms with van der Waals surface area (Å²) in [6, 6.07) is 0.0712. The number of rotatable bonds is 3. The number of carbonyl (C=O) groups excluding carboxylic acids is 1. The predicted molar refractivity (Wildman–Crippen MR) is 77.1 cm³/mol. The molecule has 1 aliphatic heterocycles. The molecule has 1 atom stereocenters. The van der Waals surface area contributed by atoms with E-state index < -0.39 is 0 Å². The van der Waals surface area contributed by atoms with Crippen molar-refractivity contribution in [2.75, 3.05) is 25.0 Å². The number of amides is 2. The molecule has 0 saturated carbocycles. The van der Waals surface area contributed by atoms with Crippen molar-refractivity contribution in [1.82, 2.24) is 15.2 Å². The molecule has 2 amide bonds. The average Bonchev–Trinajstić information content (AvgIpc) is 2.74. The Bertz CT molecular complexity index is 412. The fourth-order valence-corrected chi connectivity index (χ4v) is 3.19. The summed E-state index contributed by atoms with van der Waals surface area (Å²) in [4.78, 5) is 18.2. The van der Waals surface area contributed by atoms with Crippen LogP contribution in [0.2, 0.25) is 0 Å². The van der Waals surface area contributed by atoms with Gasteiger partial charge in [0.2, 0.25) is 0 Å². The van der Waals surface area contributed by atoms with Gasteiger partial charge in [0.25, 0.3) is 0 Å². The molecule has 1 fully saturated rings. The number of nitrogens with one attached hydrogen (secondary N) is 2. The van der Waals surface area contributed by atoms with Crippen molar-refractivity contribution in [3.05, 3.63) is 9.98 Å². The molecule has 1 aromatic rings. The van der Waals surface area contributed by atoms with E-state index in [9.17, 15) is 4.79 Å². The summed E-state index contributed by atoms with van der Waals surface area (Å²) in [7, 11) is 0. The quantitative estimate of drug-likeness (QED) is 0.894. The van der Waals surface area contributed by atoms with E-state index in [2.05, 4.69) is 43.4 Å². The smallest absolute Gasteiger partial charge is 0.321 e. The van der Waals surface area contributed by atoms with Crippen LogP contribution in [0.25, 0.3) is 0 Å². The van der Waals surface area contributed by atoms with Crippen LogP contribution in [-0.2, 0) is 0 Å². The van der Waals surface area contributed by atoms with Gasteiger partial charge >= 0.3 is 6.03 Å². The third-order valence-corrected chi connectivity index (χ3v) is 4.38. The highest BCUT2D eigenvalue weighted by Gasteiger charge is 2.20. The maximum atomic E-state index is 11.8. The number of likely N-dealkylation sites (N-methyl/N-ethyl adjacent to an activating group) is 1. The molecule has 2 heterocycles. The number of hydrogen-bond donors (Lipinski definition) is 2. The number of aromatic nitrogens is 1. The Balaban J connectivity index is 1.80. The van der Waals surface area contributed by atoms with Crippen molar-refractivity contribution < 1.29 is 4.79 Å². The number of likely N-dealkylation sites (tertiary alicyclic amines) is 1. The molecular formula is C11H17BrN4OS. The standard InChI is InChI=1S/C11H17BrN4OS/c1-2-16-5-3-4-8(7-16)14-10(17)15-11-13-6-9(12)18-11/h6,8H,2-5,7H2,1H3,(H2,13,14,15,17)/t8-/m1/s1. The van der Waals surface area contributed by atoms with E-state index in [-0.39, 0.29) is 12.1 Å². The van der Waals surface area contributed by atoms with E-state index in [1.165, 1.54) is 11.3 Å². The lowest BCUT2D eigenvalue weighted by Crippen LogP contribution is -2.48. The molecule has 18 heavy (non-hydrogen) atoms.